The lowest BCUT2D eigenvalue weighted by atomic mass is 10.1. The van der Waals surface area contributed by atoms with Gasteiger partial charge in [-0.05, 0) is 63.5 Å². The molecule has 0 atom stereocenters. The van der Waals surface area contributed by atoms with Crippen LogP contribution in [-0.4, -0.2) is 0 Å². The van der Waals surface area contributed by atoms with Crippen molar-refractivity contribution < 1.29 is 0 Å². The van der Waals surface area contributed by atoms with Gasteiger partial charge in [0.25, 0.3) is 0 Å². The van der Waals surface area contributed by atoms with E-state index in [0.29, 0.717) is 0 Å². The van der Waals surface area contributed by atoms with E-state index in [1.165, 1.54) is 57.8 Å². The first-order valence-corrected chi connectivity index (χ1v) is 9.27. The van der Waals surface area contributed by atoms with Crippen LogP contribution in [-0.2, 0) is 0 Å². The maximum atomic E-state index is 3.17. The summed E-state index contributed by atoms with van der Waals surface area (Å²) in [6.07, 6.45) is 31.4. The fourth-order valence-electron chi connectivity index (χ4n) is 2.13. The Kier molecular flexibility index (Phi) is 18.6. The molecule has 0 aromatic heterocycles. The standard InChI is InChI=1S/C22H36/c1-3-5-7-9-11-13-15-17-19-21-22-20-18-16-14-12-10-8-6-4-2/h5,7,9,13-14,16-17,19H,3-4,6,8,10,12,15,18,20-22H2,1-2H3. The second kappa shape index (κ2) is 19.7. The first-order chi connectivity index (χ1) is 10.9. The summed E-state index contributed by atoms with van der Waals surface area (Å²) < 4.78 is 0. The van der Waals surface area contributed by atoms with E-state index in [2.05, 4.69) is 62.1 Å². The monoisotopic (exact) mass is 300 g/mol. The molecule has 0 N–H and O–H groups in total. The van der Waals surface area contributed by atoms with Crippen molar-refractivity contribution in [1.29, 1.82) is 0 Å². The first-order valence-electron chi connectivity index (χ1n) is 9.27. The van der Waals surface area contributed by atoms with Crippen LogP contribution < -0.4 is 0 Å². The van der Waals surface area contributed by atoms with Crippen LogP contribution in [0.5, 0.6) is 0 Å². The molecular formula is C22H36. The molecule has 0 saturated heterocycles. The van der Waals surface area contributed by atoms with Crippen molar-refractivity contribution in [3.05, 3.63) is 54.3 Å². The van der Waals surface area contributed by atoms with Crippen molar-refractivity contribution in [2.24, 2.45) is 0 Å². The van der Waals surface area contributed by atoms with Crippen LogP contribution in [0.4, 0.5) is 0 Å². The molecule has 0 saturated carbocycles. The van der Waals surface area contributed by atoms with E-state index in [-0.39, 0.29) is 0 Å². The Bertz CT molecular complexity index is 348. The van der Waals surface area contributed by atoms with Crippen molar-refractivity contribution in [3.63, 3.8) is 0 Å². The van der Waals surface area contributed by atoms with Crippen LogP contribution in [0.15, 0.2) is 54.3 Å². The predicted molar refractivity (Wildman–Crippen MR) is 102 cm³/mol. The molecule has 0 aliphatic carbocycles. The quantitative estimate of drug-likeness (QED) is 0.133. The van der Waals surface area contributed by atoms with E-state index < -0.39 is 0 Å². The lowest BCUT2D eigenvalue weighted by molar-refractivity contribution is 0.673. The van der Waals surface area contributed by atoms with Crippen molar-refractivity contribution in [2.75, 3.05) is 0 Å². The van der Waals surface area contributed by atoms with E-state index in [0.717, 1.165) is 12.8 Å². The molecule has 124 valence electrons. The highest BCUT2D eigenvalue weighted by Crippen LogP contribution is 2.05. The molecule has 0 nitrogen and oxygen atoms in total. The first kappa shape index (κ1) is 20.7. The van der Waals surface area contributed by atoms with Crippen molar-refractivity contribution >= 4 is 0 Å². The van der Waals surface area contributed by atoms with Crippen molar-refractivity contribution in [3.8, 4) is 0 Å². The summed E-state index contributed by atoms with van der Waals surface area (Å²) in [6, 6.07) is 0. The number of hydrogen-bond acceptors (Lipinski definition) is 0. The van der Waals surface area contributed by atoms with Gasteiger partial charge in [-0.1, -0.05) is 69.6 Å². The number of unbranched alkanes of at least 4 members (excludes halogenated alkanes) is 7. The van der Waals surface area contributed by atoms with E-state index in [4.69, 9.17) is 0 Å². The molecule has 0 heteroatoms. The van der Waals surface area contributed by atoms with Crippen LogP contribution >= 0.6 is 0 Å². The molecule has 0 amide bonds. The van der Waals surface area contributed by atoms with E-state index in [1.54, 1.807) is 0 Å². The highest BCUT2D eigenvalue weighted by molar-refractivity contribution is 5.03. The van der Waals surface area contributed by atoms with Gasteiger partial charge in [-0.25, -0.2) is 0 Å². The zero-order valence-corrected chi connectivity index (χ0v) is 14.9. The van der Waals surface area contributed by atoms with Crippen LogP contribution in [0.25, 0.3) is 0 Å². The highest BCUT2D eigenvalue weighted by atomic mass is 13.9. The van der Waals surface area contributed by atoms with Crippen LogP contribution in [0.2, 0.25) is 0 Å². The Hall–Kier alpha value is -1.26. The lowest BCUT2D eigenvalue weighted by Gasteiger charge is -1.95. The summed E-state index contributed by atoms with van der Waals surface area (Å²) in [5.41, 5.74) is 3.17. The van der Waals surface area contributed by atoms with E-state index >= 15 is 0 Å². The van der Waals surface area contributed by atoms with Crippen molar-refractivity contribution in [2.45, 2.75) is 84.5 Å². The average molecular weight is 301 g/mol. The summed E-state index contributed by atoms with van der Waals surface area (Å²) >= 11 is 0. The van der Waals surface area contributed by atoms with Gasteiger partial charge in [-0.15, -0.1) is 5.73 Å². The molecule has 0 fully saturated rings. The maximum absolute atomic E-state index is 3.17. The van der Waals surface area contributed by atoms with Gasteiger partial charge in [0.05, 0.1) is 0 Å². The van der Waals surface area contributed by atoms with E-state index in [9.17, 15) is 0 Å². The fourth-order valence-corrected chi connectivity index (χ4v) is 2.13. The number of rotatable bonds is 14. The molecule has 0 aliphatic rings. The minimum atomic E-state index is 0.994. The van der Waals surface area contributed by atoms with Crippen LogP contribution in [0.1, 0.15) is 84.5 Å². The topological polar surface area (TPSA) is 0 Å². The van der Waals surface area contributed by atoms with Gasteiger partial charge in [-0.3, -0.25) is 0 Å². The lowest BCUT2D eigenvalue weighted by Crippen LogP contribution is -1.75. The largest absolute Gasteiger partial charge is 0.125 e. The van der Waals surface area contributed by atoms with Gasteiger partial charge in [0, 0.05) is 0 Å². The summed E-state index contributed by atoms with van der Waals surface area (Å²) in [5.74, 6) is 0. The Labute approximate surface area is 139 Å². The van der Waals surface area contributed by atoms with Gasteiger partial charge < -0.3 is 0 Å². The predicted octanol–water partition coefficient (Wildman–Crippen LogP) is 7.70. The molecule has 0 aliphatic heterocycles. The normalized spacial score (nSPS) is 11.5. The van der Waals surface area contributed by atoms with Gasteiger partial charge in [0.15, 0.2) is 0 Å². The second-order valence-electron chi connectivity index (χ2n) is 5.69. The SMILES string of the molecule is CCC=CC=C=CCC=CCCCCC=CCCCCCC. The number of hydrogen-bond donors (Lipinski definition) is 0. The second-order valence-corrected chi connectivity index (χ2v) is 5.69. The summed E-state index contributed by atoms with van der Waals surface area (Å²) in [4.78, 5) is 0. The zero-order valence-electron chi connectivity index (χ0n) is 14.9. The smallest absolute Gasteiger partial charge is 0.00929 e. The van der Waals surface area contributed by atoms with Crippen LogP contribution in [0, 0.1) is 0 Å². The highest BCUT2D eigenvalue weighted by Gasteiger charge is 1.86. The summed E-state index contributed by atoms with van der Waals surface area (Å²) in [5, 5.41) is 0. The van der Waals surface area contributed by atoms with E-state index in [1.807, 2.05) is 6.08 Å². The Morgan fingerprint density at radius 2 is 1.32 bits per heavy atom. The third-order valence-corrected chi connectivity index (χ3v) is 3.49. The Morgan fingerprint density at radius 1 is 0.682 bits per heavy atom. The summed E-state index contributed by atoms with van der Waals surface area (Å²) in [7, 11) is 0. The fraction of sp³-hybridized carbons (Fsp3) is 0.591. The van der Waals surface area contributed by atoms with Gasteiger partial charge in [0.1, 0.15) is 0 Å². The molecular weight excluding hydrogens is 264 g/mol. The van der Waals surface area contributed by atoms with Gasteiger partial charge >= 0.3 is 0 Å². The van der Waals surface area contributed by atoms with Crippen LogP contribution in [0.3, 0.4) is 0 Å². The summed E-state index contributed by atoms with van der Waals surface area (Å²) in [6.45, 7) is 4.41. The Morgan fingerprint density at radius 3 is 1.95 bits per heavy atom. The van der Waals surface area contributed by atoms with Crippen molar-refractivity contribution in [1.82, 2.24) is 0 Å². The van der Waals surface area contributed by atoms with Gasteiger partial charge in [-0.2, -0.15) is 0 Å². The molecule has 0 unspecified atom stereocenters. The molecule has 22 heavy (non-hydrogen) atoms. The molecule has 0 aromatic rings. The molecule has 0 rings (SSSR count). The molecule has 0 heterocycles. The third-order valence-electron chi connectivity index (χ3n) is 3.49. The molecule has 0 aromatic carbocycles. The molecule has 0 bridgehead atoms. The maximum Gasteiger partial charge on any atom is -0.00929 e. The molecule has 0 radical (unpaired) electrons. The average Bonchev–Trinajstić information content (AvgIpc) is 2.54. The Balaban J connectivity index is 3.35. The third kappa shape index (κ3) is 18.7. The minimum Gasteiger partial charge on any atom is -0.125 e. The number of allylic oxidation sites excluding steroid dienone is 7. The molecule has 0 spiro atoms. The minimum absolute atomic E-state index is 0.994. The zero-order chi connectivity index (χ0) is 16.1. The van der Waals surface area contributed by atoms with Gasteiger partial charge in [0.2, 0.25) is 0 Å².